The molecule has 0 aliphatic rings. The van der Waals surface area contributed by atoms with Crippen LogP contribution in [0.1, 0.15) is 42.1 Å². The van der Waals surface area contributed by atoms with Crippen LogP contribution in [0.15, 0.2) is 24.3 Å². The Hall–Kier alpha value is -2.41. The van der Waals surface area contributed by atoms with E-state index in [1.165, 1.54) is 5.56 Å². The fourth-order valence-corrected chi connectivity index (χ4v) is 2.21. The molecule has 1 aromatic rings. The summed E-state index contributed by atoms with van der Waals surface area (Å²) in [5.41, 5.74) is 12.2. The number of nitrogens with one attached hydrogen (secondary N) is 2. The largest absolute Gasteiger partial charge is 0.368 e. The average Bonchev–Trinajstić information content (AvgIpc) is 2.59. The van der Waals surface area contributed by atoms with Crippen molar-refractivity contribution in [1.82, 2.24) is 10.6 Å². The van der Waals surface area contributed by atoms with Crippen LogP contribution in [0.5, 0.6) is 0 Å². The van der Waals surface area contributed by atoms with Gasteiger partial charge >= 0.3 is 0 Å². The third-order valence-corrected chi connectivity index (χ3v) is 3.69. The summed E-state index contributed by atoms with van der Waals surface area (Å²) in [7, 11) is 0. The summed E-state index contributed by atoms with van der Waals surface area (Å²) in [6.07, 6.45) is 2.68. The molecule has 3 amide bonds. The second-order valence-corrected chi connectivity index (χ2v) is 5.53. The maximum atomic E-state index is 12.0. The lowest BCUT2D eigenvalue weighted by Gasteiger charge is -2.14. The van der Waals surface area contributed by atoms with Gasteiger partial charge in [-0.05, 0) is 43.4 Å². The standard InChI is InChI=1S/C17H26N4O3/c1-2-12-6-8-13(9-7-12)17(24)20-10-4-3-5-14(16(19)23)21-15(22)11-18/h6-9,14H,2-5,10-11,18H2,1H3,(H2,19,23)(H,20,24)(H,21,22)/t14-/m0/s1. The Morgan fingerprint density at radius 2 is 1.79 bits per heavy atom. The average molecular weight is 334 g/mol. The Balaban J connectivity index is 2.29. The first-order valence-corrected chi connectivity index (χ1v) is 8.13. The molecule has 0 spiro atoms. The Kier molecular flexibility index (Phi) is 8.49. The molecule has 1 atom stereocenters. The lowest BCUT2D eigenvalue weighted by atomic mass is 10.1. The summed E-state index contributed by atoms with van der Waals surface area (Å²) in [6, 6.07) is 6.76. The Bertz CT molecular complexity index is 557. The zero-order chi connectivity index (χ0) is 17.9. The molecule has 0 heterocycles. The molecule has 24 heavy (non-hydrogen) atoms. The van der Waals surface area contributed by atoms with Gasteiger partial charge in [0.2, 0.25) is 11.8 Å². The van der Waals surface area contributed by atoms with E-state index < -0.39 is 17.9 Å². The number of primary amides is 1. The van der Waals surface area contributed by atoms with Crippen LogP contribution >= 0.6 is 0 Å². The minimum Gasteiger partial charge on any atom is -0.368 e. The first kappa shape index (κ1) is 19.6. The van der Waals surface area contributed by atoms with Gasteiger partial charge in [-0.1, -0.05) is 19.1 Å². The minimum atomic E-state index is -0.724. The Labute approximate surface area is 142 Å². The Morgan fingerprint density at radius 1 is 1.12 bits per heavy atom. The number of unbranched alkanes of at least 4 members (excludes halogenated alkanes) is 1. The smallest absolute Gasteiger partial charge is 0.251 e. The van der Waals surface area contributed by atoms with Crippen LogP contribution in [0.25, 0.3) is 0 Å². The predicted molar refractivity (Wildman–Crippen MR) is 92.2 cm³/mol. The molecule has 7 nitrogen and oxygen atoms in total. The number of hydrogen-bond acceptors (Lipinski definition) is 4. The molecule has 0 radical (unpaired) electrons. The van der Waals surface area contributed by atoms with Gasteiger partial charge < -0.3 is 22.1 Å². The van der Waals surface area contributed by atoms with E-state index in [-0.39, 0.29) is 12.5 Å². The van der Waals surface area contributed by atoms with Gasteiger partial charge in [0, 0.05) is 12.1 Å². The van der Waals surface area contributed by atoms with Crippen molar-refractivity contribution in [2.24, 2.45) is 11.5 Å². The number of nitrogens with two attached hydrogens (primary N) is 2. The van der Waals surface area contributed by atoms with E-state index >= 15 is 0 Å². The number of rotatable bonds is 10. The molecule has 0 saturated carbocycles. The van der Waals surface area contributed by atoms with Crippen molar-refractivity contribution in [3.63, 3.8) is 0 Å². The lowest BCUT2D eigenvalue weighted by Crippen LogP contribution is -2.46. The molecule has 6 N–H and O–H groups in total. The molecule has 0 bridgehead atoms. The first-order valence-electron chi connectivity index (χ1n) is 8.13. The summed E-state index contributed by atoms with van der Waals surface area (Å²) in [6.45, 7) is 2.37. The normalized spacial score (nSPS) is 11.6. The molecule has 0 fully saturated rings. The molecule has 0 aromatic heterocycles. The zero-order valence-electron chi connectivity index (χ0n) is 14.0. The van der Waals surface area contributed by atoms with Gasteiger partial charge in [0.1, 0.15) is 6.04 Å². The molecular formula is C17H26N4O3. The monoisotopic (exact) mass is 334 g/mol. The molecule has 0 aliphatic heterocycles. The summed E-state index contributed by atoms with van der Waals surface area (Å²) in [4.78, 5) is 34.4. The molecule has 0 saturated heterocycles. The van der Waals surface area contributed by atoms with Gasteiger partial charge in [0.05, 0.1) is 6.54 Å². The molecule has 0 unspecified atom stereocenters. The molecular weight excluding hydrogens is 308 g/mol. The number of benzene rings is 1. The highest BCUT2D eigenvalue weighted by Crippen LogP contribution is 2.05. The van der Waals surface area contributed by atoms with Crippen molar-refractivity contribution in [2.45, 2.75) is 38.6 Å². The third-order valence-electron chi connectivity index (χ3n) is 3.69. The van der Waals surface area contributed by atoms with Crippen LogP contribution < -0.4 is 22.1 Å². The van der Waals surface area contributed by atoms with Crippen LogP contribution in [0.3, 0.4) is 0 Å². The van der Waals surface area contributed by atoms with E-state index in [1.54, 1.807) is 12.1 Å². The highest BCUT2D eigenvalue weighted by Gasteiger charge is 2.16. The van der Waals surface area contributed by atoms with E-state index in [0.717, 1.165) is 6.42 Å². The van der Waals surface area contributed by atoms with E-state index in [1.807, 2.05) is 12.1 Å². The first-order chi connectivity index (χ1) is 11.5. The van der Waals surface area contributed by atoms with Crippen molar-refractivity contribution in [3.05, 3.63) is 35.4 Å². The third kappa shape index (κ3) is 6.78. The van der Waals surface area contributed by atoms with E-state index in [2.05, 4.69) is 17.6 Å². The molecule has 1 rings (SSSR count). The quantitative estimate of drug-likeness (QED) is 0.452. The summed E-state index contributed by atoms with van der Waals surface area (Å²) < 4.78 is 0. The van der Waals surface area contributed by atoms with Crippen molar-refractivity contribution >= 4 is 17.7 Å². The van der Waals surface area contributed by atoms with Gasteiger partial charge in [-0.2, -0.15) is 0 Å². The minimum absolute atomic E-state index is 0.125. The van der Waals surface area contributed by atoms with Gasteiger partial charge in [-0.3, -0.25) is 14.4 Å². The Morgan fingerprint density at radius 3 is 2.33 bits per heavy atom. The van der Waals surface area contributed by atoms with E-state index in [9.17, 15) is 14.4 Å². The maximum absolute atomic E-state index is 12.0. The highest BCUT2D eigenvalue weighted by atomic mass is 16.2. The molecule has 1 aromatic carbocycles. The SMILES string of the molecule is CCc1ccc(C(=O)NCCCC[C@H](NC(=O)CN)C(N)=O)cc1. The molecule has 0 aliphatic carbocycles. The van der Waals surface area contributed by atoms with E-state index in [0.29, 0.717) is 31.4 Å². The van der Waals surface area contributed by atoms with Crippen LogP contribution in [0, 0.1) is 0 Å². The summed E-state index contributed by atoms with van der Waals surface area (Å²) in [5.74, 6) is -1.12. The van der Waals surface area contributed by atoms with Gasteiger partial charge in [-0.15, -0.1) is 0 Å². The van der Waals surface area contributed by atoms with Crippen LogP contribution in [0.4, 0.5) is 0 Å². The molecule has 132 valence electrons. The van der Waals surface area contributed by atoms with Crippen molar-refractivity contribution in [3.8, 4) is 0 Å². The van der Waals surface area contributed by atoms with Gasteiger partial charge in [0.25, 0.3) is 5.91 Å². The fraction of sp³-hybridized carbons (Fsp3) is 0.471. The predicted octanol–water partition coefficient (Wildman–Crippen LogP) is 0.0779. The van der Waals surface area contributed by atoms with Crippen LogP contribution in [-0.4, -0.2) is 36.9 Å². The van der Waals surface area contributed by atoms with Gasteiger partial charge in [-0.25, -0.2) is 0 Å². The second kappa shape index (κ2) is 10.4. The zero-order valence-corrected chi connectivity index (χ0v) is 14.0. The van der Waals surface area contributed by atoms with Gasteiger partial charge in [0.15, 0.2) is 0 Å². The van der Waals surface area contributed by atoms with Crippen molar-refractivity contribution in [1.29, 1.82) is 0 Å². The van der Waals surface area contributed by atoms with Crippen molar-refractivity contribution in [2.75, 3.05) is 13.1 Å². The topological polar surface area (TPSA) is 127 Å². The summed E-state index contributed by atoms with van der Waals surface area (Å²) >= 11 is 0. The maximum Gasteiger partial charge on any atom is 0.251 e. The number of carbonyl (C=O) groups is 3. The number of amides is 3. The molecule has 7 heteroatoms. The summed E-state index contributed by atoms with van der Waals surface area (Å²) in [5, 5.41) is 5.31. The van der Waals surface area contributed by atoms with E-state index in [4.69, 9.17) is 11.5 Å². The number of aryl methyl sites for hydroxylation is 1. The number of carbonyl (C=O) groups excluding carboxylic acids is 3. The van der Waals surface area contributed by atoms with Crippen molar-refractivity contribution < 1.29 is 14.4 Å². The highest BCUT2D eigenvalue weighted by molar-refractivity contribution is 5.94. The van der Waals surface area contributed by atoms with Crippen LogP contribution in [0.2, 0.25) is 0 Å². The second-order valence-electron chi connectivity index (χ2n) is 5.53. The lowest BCUT2D eigenvalue weighted by molar-refractivity contribution is -0.126. The number of hydrogen-bond donors (Lipinski definition) is 4. The fourth-order valence-electron chi connectivity index (χ4n) is 2.21. The van der Waals surface area contributed by atoms with Crippen LogP contribution in [-0.2, 0) is 16.0 Å².